The molecular weight excluding hydrogens is 770 g/mol. The molecule has 0 atom stereocenters. The summed E-state index contributed by atoms with van der Waals surface area (Å²) in [5, 5.41) is 60.5. The zero-order chi connectivity index (χ0) is 43.6. The van der Waals surface area contributed by atoms with Crippen molar-refractivity contribution in [1.82, 2.24) is 14.8 Å². The van der Waals surface area contributed by atoms with Gasteiger partial charge in [-0.3, -0.25) is 0 Å². The molecule has 294 valence electrons. The van der Waals surface area contributed by atoms with Gasteiger partial charge >= 0.3 is 0 Å². The van der Waals surface area contributed by atoms with Crippen molar-refractivity contribution in [1.29, 1.82) is 31.6 Å². The summed E-state index contributed by atoms with van der Waals surface area (Å²) in [6, 6.07) is 31.8. The summed E-state index contributed by atoms with van der Waals surface area (Å²) in [4.78, 5) is 3.94. The summed E-state index contributed by atoms with van der Waals surface area (Å²) >= 11 is 3.44. The van der Waals surface area contributed by atoms with Gasteiger partial charge in [-0.25, -0.2) is 9.67 Å². The third-order valence-corrected chi connectivity index (χ3v) is 10.7. The van der Waals surface area contributed by atoms with Gasteiger partial charge in [-0.05, 0) is 135 Å². The lowest BCUT2D eigenvalue weighted by Crippen LogP contribution is -2.20. The van der Waals surface area contributed by atoms with Crippen LogP contribution in [-0.4, -0.2) is 14.8 Å². The van der Waals surface area contributed by atoms with E-state index in [0.29, 0.717) is 6.54 Å². The first-order valence-corrected chi connectivity index (χ1v) is 19.7. The van der Waals surface area contributed by atoms with Gasteiger partial charge in [-0.15, -0.1) is 0 Å². The fraction of sp³-hybridized carbons (Fsp3) is 0.447. The Morgan fingerprint density at radius 1 is 0.474 bits per heavy atom. The number of hydrogen-bond acceptors (Lipinski definition) is 8. The molecule has 4 aromatic rings. The number of nitrogens with zero attached hydrogens (tertiary/aromatic N) is 9. The summed E-state index contributed by atoms with van der Waals surface area (Å²) in [6.07, 6.45) is 3.14. The molecule has 0 bridgehead atoms. The van der Waals surface area contributed by atoms with Crippen molar-refractivity contribution in [3.63, 3.8) is 0 Å². The molecule has 3 aromatic carbocycles. The number of halogens is 1. The van der Waals surface area contributed by atoms with Gasteiger partial charge in [0.15, 0.2) is 0 Å². The average molecular weight is 825 g/mol. The maximum Gasteiger partial charge on any atom is 0.137 e. The van der Waals surface area contributed by atoms with Crippen LogP contribution < -0.4 is 0 Å². The number of alkyl halides is 1. The van der Waals surface area contributed by atoms with E-state index in [2.05, 4.69) is 62.4 Å². The van der Waals surface area contributed by atoms with Crippen LogP contribution in [0, 0.1) is 74.9 Å². The van der Waals surface area contributed by atoms with Crippen molar-refractivity contribution in [2.75, 3.05) is 0 Å². The Kier molecular flexibility index (Phi) is 15.3. The van der Waals surface area contributed by atoms with Crippen LogP contribution in [0.2, 0.25) is 0 Å². The fourth-order valence-corrected chi connectivity index (χ4v) is 5.71. The summed E-state index contributed by atoms with van der Waals surface area (Å²) in [6.45, 7) is 25.2. The van der Waals surface area contributed by atoms with E-state index in [1.54, 1.807) is 11.0 Å². The Morgan fingerprint density at radius 2 is 0.754 bits per heavy atom. The largest absolute Gasteiger partial charge is 0.249 e. The topological polar surface area (TPSA) is 173 Å². The van der Waals surface area contributed by atoms with E-state index < -0.39 is 32.5 Å². The third kappa shape index (κ3) is 12.4. The van der Waals surface area contributed by atoms with Crippen molar-refractivity contribution in [3.05, 3.63) is 117 Å². The van der Waals surface area contributed by atoms with Crippen LogP contribution in [0.15, 0.2) is 67.3 Å². The van der Waals surface area contributed by atoms with E-state index in [-0.39, 0.29) is 0 Å². The standard InChI is InChI=1S/C17H19N5.C15H17BrN2.C15H18N2/c1-16(2,9-18)14-5-13(8-22-12-20-11-21-22)6-15(7-14)17(3,4)10-19;1-14(2,9-17)12-5-11(8-16)6-13(7-12)15(3,4)10-18;1-11-6-12(14(2,3)9-16)8-13(7-11)15(4,5)10-17/h5-7,11-12H,8H2,1-4H3;5-7H,8H2,1-4H3;6-8H,1-5H3. The molecule has 0 fully saturated rings. The average Bonchev–Trinajstić information content (AvgIpc) is 3.70. The van der Waals surface area contributed by atoms with Gasteiger partial charge in [0.1, 0.15) is 12.7 Å². The summed E-state index contributed by atoms with van der Waals surface area (Å²) in [7, 11) is 0. The maximum atomic E-state index is 9.40. The van der Waals surface area contributed by atoms with Crippen molar-refractivity contribution in [2.24, 2.45) is 0 Å². The molecule has 9 nitrogen and oxygen atoms in total. The van der Waals surface area contributed by atoms with Crippen molar-refractivity contribution >= 4 is 15.9 Å². The highest BCUT2D eigenvalue weighted by Gasteiger charge is 2.28. The van der Waals surface area contributed by atoms with Crippen LogP contribution in [0.5, 0.6) is 0 Å². The van der Waals surface area contributed by atoms with Gasteiger partial charge < -0.3 is 0 Å². The second-order valence-electron chi connectivity index (χ2n) is 17.6. The number of aromatic nitrogens is 3. The summed E-state index contributed by atoms with van der Waals surface area (Å²) in [5.41, 5.74) is 5.50. The molecule has 0 saturated heterocycles. The van der Waals surface area contributed by atoms with E-state index in [1.807, 2.05) is 145 Å². The third-order valence-electron chi connectivity index (χ3n) is 10.0. The van der Waals surface area contributed by atoms with E-state index in [4.69, 9.17) is 0 Å². The molecule has 0 unspecified atom stereocenters. The van der Waals surface area contributed by atoms with Gasteiger partial charge in [0.25, 0.3) is 0 Å². The highest BCUT2D eigenvalue weighted by molar-refractivity contribution is 9.08. The van der Waals surface area contributed by atoms with Crippen LogP contribution >= 0.6 is 15.9 Å². The van der Waals surface area contributed by atoms with Crippen molar-refractivity contribution in [2.45, 2.75) is 134 Å². The Bertz CT molecular complexity index is 2170. The molecule has 0 aliphatic carbocycles. The Labute approximate surface area is 349 Å². The lowest BCUT2D eigenvalue weighted by Gasteiger charge is -2.23. The first-order valence-electron chi connectivity index (χ1n) is 18.6. The summed E-state index contributed by atoms with van der Waals surface area (Å²) in [5.74, 6) is 0. The molecular formula is C47H54BrN9. The minimum Gasteiger partial charge on any atom is -0.249 e. The van der Waals surface area contributed by atoms with Gasteiger partial charge in [-0.1, -0.05) is 76.1 Å². The maximum absolute atomic E-state index is 9.40. The van der Waals surface area contributed by atoms with Crippen LogP contribution in [0.3, 0.4) is 0 Å². The van der Waals surface area contributed by atoms with Gasteiger partial charge in [0.05, 0.1) is 75.5 Å². The normalized spacial score (nSPS) is 11.7. The molecule has 10 heteroatoms. The second-order valence-corrected chi connectivity index (χ2v) is 18.1. The fourth-order valence-electron chi connectivity index (χ4n) is 5.39. The van der Waals surface area contributed by atoms with E-state index >= 15 is 0 Å². The number of rotatable bonds is 9. The lowest BCUT2D eigenvalue weighted by atomic mass is 9.79. The Morgan fingerprint density at radius 3 is 1.00 bits per heavy atom. The minimum absolute atomic E-state index is 0.522. The Hall–Kier alpha value is -5.78. The highest BCUT2D eigenvalue weighted by atomic mass is 79.9. The van der Waals surface area contributed by atoms with Gasteiger partial charge in [0.2, 0.25) is 0 Å². The van der Waals surface area contributed by atoms with E-state index in [0.717, 1.165) is 55.4 Å². The molecule has 0 spiro atoms. The smallest absolute Gasteiger partial charge is 0.137 e. The van der Waals surface area contributed by atoms with Crippen molar-refractivity contribution in [3.8, 4) is 36.4 Å². The highest BCUT2D eigenvalue weighted by Crippen LogP contribution is 2.33. The molecule has 0 radical (unpaired) electrons. The first kappa shape index (κ1) is 47.4. The van der Waals surface area contributed by atoms with E-state index in [9.17, 15) is 31.6 Å². The monoisotopic (exact) mass is 823 g/mol. The van der Waals surface area contributed by atoms with Crippen LogP contribution in [0.25, 0.3) is 0 Å². The molecule has 1 heterocycles. The van der Waals surface area contributed by atoms with E-state index in [1.165, 1.54) is 6.33 Å². The molecule has 0 amide bonds. The number of benzene rings is 3. The zero-order valence-electron chi connectivity index (χ0n) is 35.7. The predicted molar refractivity (Wildman–Crippen MR) is 228 cm³/mol. The Balaban J connectivity index is 0.000000298. The number of aryl methyl sites for hydroxylation is 1. The first-order chi connectivity index (χ1) is 26.3. The molecule has 57 heavy (non-hydrogen) atoms. The molecule has 0 saturated carbocycles. The molecule has 0 N–H and O–H groups in total. The molecule has 0 aliphatic heterocycles. The summed E-state index contributed by atoms with van der Waals surface area (Å²) < 4.78 is 1.72. The molecule has 1 aromatic heterocycles. The predicted octanol–water partition coefficient (Wildman–Crippen LogP) is 10.7. The van der Waals surface area contributed by atoms with Gasteiger partial charge in [0, 0.05) is 5.33 Å². The molecule has 0 aliphatic rings. The van der Waals surface area contributed by atoms with Crippen molar-refractivity contribution < 1.29 is 0 Å². The van der Waals surface area contributed by atoms with Crippen LogP contribution in [0.4, 0.5) is 0 Å². The quantitative estimate of drug-likeness (QED) is 0.150. The minimum atomic E-state index is -0.612. The van der Waals surface area contributed by atoms with Crippen LogP contribution in [-0.2, 0) is 44.4 Å². The zero-order valence-corrected chi connectivity index (χ0v) is 37.3. The number of hydrogen-bond donors (Lipinski definition) is 0. The van der Waals surface area contributed by atoms with Gasteiger partial charge in [-0.2, -0.15) is 36.7 Å². The molecule has 4 rings (SSSR count). The van der Waals surface area contributed by atoms with Crippen LogP contribution in [0.1, 0.15) is 133 Å². The second kappa shape index (κ2) is 18.4. The lowest BCUT2D eigenvalue weighted by molar-refractivity contribution is 0.646. The SMILES string of the molecule is CC(C)(C#N)c1cc(CBr)cc(C(C)(C)C#N)c1.CC(C)(C#N)c1cc(Cn2cncn2)cc(C(C)(C)C#N)c1.Cc1cc(C(C)(C)C#N)cc(C(C)(C)C#N)c1. The number of nitriles is 6.